The predicted octanol–water partition coefficient (Wildman–Crippen LogP) is 2.43. The van der Waals surface area contributed by atoms with Gasteiger partial charge in [0.1, 0.15) is 17.2 Å². The number of hydrogen-bond donors (Lipinski definition) is 1. The van der Waals surface area contributed by atoms with Crippen LogP contribution in [0.1, 0.15) is 31.2 Å². The van der Waals surface area contributed by atoms with Crippen LogP contribution in [0.5, 0.6) is 5.75 Å². The number of hydrogen-bond acceptors (Lipinski definition) is 4. The van der Waals surface area contributed by atoms with Crippen LogP contribution in [-0.2, 0) is 9.59 Å². The molecule has 1 aliphatic rings. The Hall–Kier alpha value is -1.69. The van der Waals surface area contributed by atoms with Crippen molar-refractivity contribution in [3.63, 3.8) is 0 Å². The third-order valence-electron chi connectivity index (χ3n) is 3.89. The summed E-state index contributed by atoms with van der Waals surface area (Å²) in [6.07, 6.45) is 0.637. The summed E-state index contributed by atoms with van der Waals surface area (Å²) < 4.78 is 5.44. The summed E-state index contributed by atoms with van der Waals surface area (Å²) in [7, 11) is 3.23. The van der Waals surface area contributed by atoms with Crippen LogP contribution >= 0.6 is 11.8 Å². The van der Waals surface area contributed by atoms with Crippen LogP contribution < -0.4 is 10.1 Å². The van der Waals surface area contributed by atoms with Gasteiger partial charge in [-0.2, -0.15) is 0 Å². The minimum absolute atomic E-state index is 0.000145. The number of carbonyl (C=O) groups is 2. The molecule has 1 aliphatic heterocycles. The highest BCUT2D eigenvalue weighted by Crippen LogP contribution is 2.44. The Morgan fingerprint density at radius 3 is 2.74 bits per heavy atom. The Labute approximate surface area is 141 Å². The monoisotopic (exact) mass is 336 g/mol. The number of likely N-dealkylation sites (N-methyl/N-ethyl adjacent to an activating group) is 1. The molecule has 2 unspecified atom stereocenters. The molecule has 23 heavy (non-hydrogen) atoms. The van der Waals surface area contributed by atoms with Crippen molar-refractivity contribution in [1.82, 2.24) is 10.2 Å². The fourth-order valence-electron chi connectivity index (χ4n) is 2.84. The highest BCUT2D eigenvalue weighted by Gasteiger charge is 2.41. The van der Waals surface area contributed by atoms with E-state index >= 15 is 0 Å². The van der Waals surface area contributed by atoms with Crippen LogP contribution in [-0.4, -0.2) is 42.7 Å². The van der Waals surface area contributed by atoms with E-state index in [1.54, 1.807) is 30.8 Å². The van der Waals surface area contributed by atoms with Crippen molar-refractivity contribution in [1.29, 1.82) is 0 Å². The number of rotatable bonds is 6. The van der Waals surface area contributed by atoms with Crippen molar-refractivity contribution in [3.05, 3.63) is 29.8 Å². The van der Waals surface area contributed by atoms with Gasteiger partial charge in [0.2, 0.25) is 11.8 Å². The summed E-state index contributed by atoms with van der Waals surface area (Å²) in [5.41, 5.74) is 0.934. The van der Waals surface area contributed by atoms with Gasteiger partial charge in [0.25, 0.3) is 0 Å². The normalized spacial score (nSPS) is 19.1. The molecule has 2 amide bonds. The molecule has 0 aliphatic carbocycles. The molecule has 1 fully saturated rings. The van der Waals surface area contributed by atoms with Crippen molar-refractivity contribution >= 4 is 23.6 Å². The summed E-state index contributed by atoms with van der Waals surface area (Å²) in [6.45, 7) is 4.11. The average Bonchev–Trinajstić information content (AvgIpc) is 2.92. The molecule has 5 nitrogen and oxygen atoms in total. The number of methoxy groups -OCH3 is 1. The second-order valence-corrected chi connectivity index (χ2v) is 7.03. The molecular weight excluding hydrogens is 312 g/mol. The van der Waals surface area contributed by atoms with Gasteiger partial charge < -0.3 is 15.0 Å². The maximum atomic E-state index is 12.5. The Morgan fingerprint density at radius 2 is 2.13 bits per heavy atom. The quantitative estimate of drug-likeness (QED) is 0.867. The summed E-state index contributed by atoms with van der Waals surface area (Å²) in [5, 5.41) is 2.50. The van der Waals surface area contributed by atoms with E-state index in [0.29, 0.717) is 18.1 Å². The number of nitrogens with one attached hydrogen (secondary N) is 1. The summed E-state index contributed by atoms with van der Waals surface area (Å²) in [6, 6.07) is 7.21. The second kappa shape index (κ2) is 7.73. The molecule has 1 aromatic carbocycles. The van der Waals surface area contributed by atoms with Gasteiger partial charge in [-0.25, -0.2) is 0 Å². The van der Waals surface area contributed by atoms with E-state index in [1.807, 2.05) is 24.3 Å². The first-order valence-electron chi connectivity index (χ1n) is 7.76. The molecule has 0 spiro atoms. The van der Waals surface area contributed by atoms with Gasteiger partial charge in [-0.15, -0.1) is 11.8 Å². The number of ether oxygens (including phenoxy) is 1. The molecule has 1 heterocycles. The van der Waals surface area contributed by atoms with Gasteiger partial charge in [-0.1, -0.05) is 32.0 Å². The molecule has 2 atom stereocenters. The maximum Gasteiger partial charge on any atom is 0.242 e. The Bertz CT molecular complexity index is 577. The van der Waals surface area contributed by atoms with E-state index in [2.05, 4.69) is 19.2 Å². The molecule has 0 aromatic heterocycles. The van der Waals surface area contributed by atoms with Crippen LogP contribution in [0.4, 0.5) is 0 Å². The maximum absolute atomic E-state index is 12.5. The summed E-state index contributed by atoms with van der Waals surface area (Å²) in [4.78, 5) is 26.6. The third-order valence-corrected chi connectivity index (χ3v) is 5.10. The fourth-order valence-corrected chi connectivity index (χ4v) is 4.09. The number of benzene rings is 1. The van der Waals surface area contributed by atoms with Crippen molar-refractivity contribution < 1.29 is 14.3 Å². The largest absolute Gasteiger partial charge is 0.496 e. The van der Waals surface area contributed by atoms with Crippen molar-refractivity contribution in [2.45, 2.75) is 31.7 Å². The number of thioether (sulfide) groups is 1. The van der Waals surface area contributed by atoms with Crippen LogP contribution in [0.3, 0.4) is 0 Å². The molecule has 1 aromatic rings. The molecule has 0 bridgehead atoms. The standard InChI is InChI=1S/C17H24N2O3S/c1-11(2)9-13(16(21)18-3)19-15(20)10-23-17(19)12-7-5-6-8-14(12)22-4/h5-8,11,13,17H,9-10H2,1-4H3,(H,18,21). The minimum atomic E-state index is -0.461. The van der Waals surface area contributed by atoms with Crippen LogP contribution in [0.15, 0.2) is 24.3 Å². The van der Waals surface area contributed by atoms with Crippen molar-refractivity contribution in [2.75, 3.05) is 19.9 Å². The molecule has 0 saturated carbocycles. The van der Waals surface area contributed by atoms with Crippen LogP contribution in [0.2, 0.25) is 0 Å². The van der Waals surface area contributed by atoms with Gasteiger partial charge in [-0.05, 0) is 18.4 Å². The van der Waals surface area contributed by atoms with E-state index in [0.717, 1.165) is 11.3 Å². The van der Waals surface area contributed by atoms with E-state index in [4.69, 9.17) is 4.74 Å². The van der Waals surface area contributed by atoms with Crippen LogP contribution in [0.25, 0.3) is 0 Å². The van der Waals surface area contributed by atoms with E-state index in [-0.39, 0.29) is 17.2 Å². The molecule has 6 heteroatoms. The number of carbonyl (C=O) groups excluding carboxylic acids is 2. The highest BCUT2D eigenvalue weighted by molar-refractivity contribution is 8.00. The highest BCUT2D eigenvalue weighted by atomic mass is 32.2. The van der Waals surface area contributed by atoms with Gasteiger partial charge in [0.15, 0.2) is 0 Å². The fraction of sp³-hybridized carbons (Fsp3) is 0.529. The van der Waals surface area contributed by atoms with Crippen LogP contribution in [0, 0.1) is 5.92 Å². The lowest BCUT2D eigenvalue weighted by molar-refractivity contribution is -0.139. The van der Waals surface area contributed by atoms with Gasteiger partial charge >= 0.3 is 0 Å². The average molecular weight is 336 g/mol. The Morgan fingerprint density at radius 1 is 1.43 bits per heavy atom. The number of para-hydroxylation sites is 1. The molecular formula is C17H24N2O3S. The van der Waals surface area contributed by atoms with Crippen molar-refractivity contribution in [3.8, 4) is 5.75 Å². The smallest absolute Gasteiger partial charge is 0.242 e. The second-order valence-electron chi connectivity index (χ2n) is 5.97. The summed E-state index contributed by atoms with van der Waals surface area (Å²) >= 11 is 1.54. The zero-order chi connectivity index (χ0) is 17.0. The first-order chi connectivity index (χ1) is 11.0. The molecule has 126 valence electrons. The number of nitrogens with zero attached hydrogens (tertiary/aromatic N) is 1. The van der Waals surface area contributed by atoms with Gasteiger partial charge in [0.05, 0.1) is 12.9 Å². The lowest BCUT2D eigenvalue weighted by Crippen LogP contribution is -2.48. The number of amides is 2. The molecule has 0 radical (unpaired) electrons. The van der Waals surface area contributed by atoms with Gasteiger partial charge in [0, 0.05) is 12.6 Å². The zero-order valence-corrected chi connectivity index (χ0v) is 14.9. The lowest BCUT2D eigenvalue weighted by Gasteiger charge is -2.33. The Balaban J connectivity index is 2.39. The van der Waals surface area contributed by atoms with Crippen molar-refractivity contribution in [2.24, 2.45) is 5.92 Å². The lowest BCUT2D eigenvalue weighted by atomic mass is 10.0. The van der Waals surface area contributed by atoms with E-state index in [1.165, 1.54) is 0 Å². The van der Waals surface area contributed by atoms with E-state index < -0.39 is 6.04 Å². The van der Waals surface area contributed by atoms with Gasteiger partial charge in [-0.3, -0.25) is 9.59 Å². The molecule has 1 saturated heterocycles. The predicted molar refractivity (Wildman–Crippen MR) is 92.3 cm³/mol. The SMILES string of the molecule is CNC(=O)C(CC(C)C)N1C(=O)CSC1c1ccccc1OC. The first-order valence-corrected chi connectivity index (χ1v) is 8.81. The Kier molecular flexibility index (Phi) is 5.93. The molecule has 1 N–H and O–H groups in total. The first kappa shape index (κ1) is 17.7. The molecule has 2 rings (SSSR count). The topological polar surface area (TPSA) is 58.6 Å². The zero-order valence-electron chi connectivity index (χ0n) is 14.0. The minimum Gasteiger partial charge on any atom is -0.496 e. The summed E-state index contributed by atoms with van der Waals surface area (Å²) in [5.74, 6) is 1.32. The van der Waals surface area contributed by atoms with E-state index in [9.17, 15) is 9.59 Å². The third kappa shape index (κ3) is 3.80.